The SMILES string of the molecule is CC(C)(C)O/N=C/Cc1cccc2nc3c(cc12)Cn1c-3cc2c(c1=O)COC(=O)C2O. The highest BCUT2D eigenvalue weighted by molar-refractivity contribution is 5.88. The molecule has 3 aromatic rings. The van der Waals surface area contributed by atoms with E-state index in [-0.39, 0.29) is 17.8 Å². The van der Waals surface area contributed by atoms with Gasteiger partial charge in [0.2, 0.25) is 0 Å². The molecule has 1 atom stereocenters. The largest absolute Gasteiger partial charge is 0.458 e. The van der Waals surface area contributed by atoms with Crippen LogP contribution in [0.5, 0.6) is 0 Å². The number of carbonyl (C=O) groups excluding carboxylic acids is 1. The molecule has 2 aliphatic rings. The van der Waals surface area contributed by atoms with Crippen LogP contribution in [0.3, 0.4) is 0 Å². The quantitative estimate of drug-likeness (QED) is 0.303. The number of hydrogen-bond acceptors (Lipinski definition) is 7. The van der Waals surface area contributed by atoms with Crippen molar-refractivity contribution < 1.29 is 19.5 Å². The number of oxime groups is 1. The van der Waals surface area contributed by atoms with Gasteiger partial charge in [-0.05, 0) is 44.5 Å². The molecule has 0 radical (unpaired) electrons. The van der Waals surface area contributed by atoms with Gasteiger partial charge in [0.25, 0.3) is 5.56 Å². The summed E-state index contributed by atoms with van der Waals surface area (Å²) >= 11 is 0. The summed E-state index contributed by atoms with van der Waals surface area (Å²) in [5, 5.41) is 15.3. The van der Waals surface area contributed by atoms with Crippen LogP contribution in [0.4, 0.5) is 0 Å². The van der Waals surface area contributed by atoms with Crippen LogP contribution in [0.1, 0.15) is 49.1 Å². The van der Waals surface area contributed by atoms with Crippen LogP contribution < -0.4 is 5.56 Å². The van der Waals surface area contributed by atoms with E-state index in [0.717, 1.165) is 22.0 Å². The average molecular weight is 433 g/mol. The first-order valence-corrected chi connectivity index (χ1v) is 10.5. The smallest absolute Gasteiger partial charge is 0.340 e. The number of hydrogen-bond donors (Lipinski definition) is 1. The molecule has 1 unspecified atom stereocenters. The van der Waals surface area contributed by atoms with Gasteiger partial charge in [0.05, 0.1) is 29.0 Å². The summed E-state index contributed by atoms with van der Waals surface area (Å²) in [4.78, 5) is 35.1. The maximum absolute atomic E-state index is 13.0. The number of pyridine rings is 2. The number of aromatic nitrogens is 2. The second-order valence-corrected chi connectivity index (χ2v) is 9.04. The zero-order valence-corrected chi connectivity index (χ0v) is 18.1. The van der Waals surface area contributed by atoms with Crippen LogP contribution in [0, 0.1) is 0 Å². The van der Waals surface area contributed by atoms with Crippen molar-refractivity contribution in [3.8, 4) is 11.4 Å². The zero-order valence-electron chi connectivity index (χ0n) is 18.1. The lowest BCUT2D eigenvalue weighted by Gasteiger charge is -2.21. The van der Waals surface area contributed by atoms with Gasteiger partial charge in [-0.1, -0.05) is 17.3 Å². The molecule has 0 amide bonds. The summed E-state index contributed by atoms with van der Waals surface area (Å²) in [6.45, 7) is 6.06. The fourth-order valence-corrected chi connectivity index (χ4v) is 4.12. The Morgan fingerprint density at radius 3 is 2.91 bits per heavy atom. The summed E-state index contributed by atoms with van der Waals surface area (Å²) in [6, 6.07) is 9.62. The summed E-state index contributed by atoms with van der Waals surface area (Å²) in [6.07, 6.45) is 0.864. The van der Waals surface area contributed by atoms with Crippen LogP contribution in [-0.2, 0) is 33.9 Å². The number of esters is 1. The standard InChI is InChI=1S/C24H23N3O5/c1-24(2,3)32-25-8-7-13-5-4-6-18-15(13)9-14-11-27-19(20(14)26-18)10-16-17(22(27)29)12-31-23(30)21(16)28/h4-6,8-10,21,28H,7,11-12H2,1-3H3/b25-8+. The van der Waals surface area contributed by atoms with Crippen molar-refractivity contribution in [3.63, 3.8) is 0 Å². The number of benzene rings is 1. The molecule has 164 valence electrons. The Labute approximate surface area is 184 Å². The van der Waals surface area contributed by atoms with Crippen LogP contribution in [0.2, 0.25) is 0 Å². The molecule has 0 spiro atoms. The monoisotopic (exact) mass is 433 g/mol. The third kappa shape index (κ3) is 3.36. The van der Waals surface area contributed by atoms with Crippen LogP contribution in [0.15, 0.2) is 40.3 Å². The first-order chi connectivity index (χ1) is 15.2. The number of aliphatic hydroxyl groups is 1. The summed E-state index contributed by atoms with van der Waals surface area (Å²) in [7, 11) is 0. The molecule has 2 aromatic heterocycles. The van der Waals surface area contributed by atoms with Crippen LogP contribution in [0.25, 0.3) is 22.3 Å². The van der Waals surface area contributed by atoms with Crippen molar-refractivity contribution in [1.29, 1.82) is 0 Å². The number of carbonyl (C=O) groups is 1. The summed E-state index contributed by atoms with van der Waals surface area (Å²) in [5.41, 5.74) is 4.05. The lowest BCUT2D eigenvalue weighted by atomic mass is 10.00. The second-order valence-electron chi connectivity index (χ2n) is 9.04. The van der Waals surface area contributed by atoms with Gasteiger partial charge in [0.15, 0.2) is 6.10 Å². The number of aliphatic hydroxyl groups excluding tert-OH is 1. The summed E-state index contributed by atoms with van der Waals surface area (Å²) in [5.74, 6) is -0.742. The molecule has 2 aliphatic heterocycles. The highest BCUT2D eigenvalue weighted by atomic mass is 16.6. The van der Waals surface area contributed by atoms with E-state index in [1.165, 1.54) is 0 Å². The first kappa shape index (κ1) is 20.4. The average Bonchev–Trinajstić information content (AvgIpc) is 3.10. The number of nitrogens with zero attached hydrogens (tertiary/aromatic N) is 3. The molecule has 0 fully saturated rings. The van der Waals surface area contributed by atoms with E-state index >= 15 is 0 Å². The van der Waals surface area contributed by atoms with Gasteiger partial charge in [0, 0.05) is 29.1 Å². The minimum absolute atomic E-state index is 0.129. The van der Waals surface area contributed by atoms with Crippen LogP contribution >= 0.6 is 0 Å². The van der Waals surface area contributed by atoms with Crippen LogP contribution in [-0.4, -0.2) is 32.4 Å². The number of ether oxygens (including phenoxy) is 1. The maximum Gasteiger partial charge on any atom is 0.340 e. The van der Waals surface area contributed by atoms with Gasteiger partial charge in [-0.3, -0.25) is 4.79 Å². The third-order valence-electron chi connectivity index (χ3n) is 5.62. The van der Waals surface area contributed by atoms with E-state index in [1.807, 2.05) is 39.0 Å². The lowest BCUT2D eigenvalue weighted by molar-refractivity contribution is -0.157. The number of cyclic esters (lactones) is 1. The Morgan fingerprint density at radius 2 is 2.12 bits per heavy atom. The Hall–Kier alpha value is -3.52. The second kappa shape index (κ2) is 7.27. The molecule has 1 N–H and O–H groups in total. The van der Waals surface area contributed by atoms with Crippen molar-refractivity contribution in [2.24, 2.45) is 5.16 Å². The molecule has 1 aromatic carbocycles. The minimum Gasteiger partial charge on any atom is -0.458 e. The molecule has 8 nitrogen and oxygen atoms in total. The van der Waals surface area contributed by atoms with E-state index in [4.69, 9.17) is 14.6 Å². The molecular weight excluding hydrogens is 410 g/mol. The highest BCUT2D eigenvalue weighted by Gasteiger charge is 2.33. The zero-order chi connectivity index (χ0) is 22.6. The maximum atomic E-state index is 13.0. The molecule has 32 heavy (non-hydrogen) atoms. The Bertz CT molecular complexity index is 1350. The van der Waals surface area contributed by atoms with E-state index in [9.17, 15) is 14.7 Å². The van der Waals surface area contributed by atoms with Gasteiger partial charge in [0.1, 0.15) is 12.2 Å². The first-order valence-electron chi connectivity index (χ1n) is 10.5. The number of fused-ring (bicyclic) bond motifs is 5. The fraction of sp³-hybridized carbons (Fsp3) is 0.333. The Kier molecular flexibility index (Phi) is 4.63. The Balaban J connectivity index is 1.56. The molecule has 0 saturated carbocycles. The van der Waals surface area contributed by atoms with Crippen molar-refractivity contribution in [2.45, 2.75) is 52.0 Å². The molecule has 0 bridgehead atoms. The fourth-order valence-electron chi connectivity index (χ4n) is 4.12. The predicted molar refractivity (Wildman–Crippen MR) is 118 cm³/mol. The van der Waals surface area contributed by atoms with Gasteiger partial charge in [-0.25, -0.2) is 9.78 Å². The topological polar surface area (TPSA) is 103 Å². The third-order valence-corrected chi connectivity index (χ3v) is 5.62. The van der Waals surface area contributed by atoms with Crippen molar-refractivity contribution in [1.82, 2.24) is 9.55 Å². The van der Waals surface area contributed by atoms with E-state index in [0.29, 0.717) is 35.5 Å². The van der Waals surface area contributed by atoms with E-state index in [2.05, 4.69) is 11.2 Å². The van der Waals surface area contributed by atoms with Gasteiger partial charge in [-0.2, -0.15) is 0 Å². The predicted octanol–water partition coefficient (Wildman–Crippen LogP) is 2.86. The minimum atomic E-state index is -1.46. The van der Waals surface area contributed by atoms with Crippen molar-refractivity contribution >= 4 is 23.1 Å². The molecule has 5 rings (SSSR count). The van der Waals surface area contributed by atoms with E-state index in [1.54, 1.807) is 16.8 Å². The molecule has 0 aliphatic carbocycles. The molecular formula is C24H23N3O5. The highest BCUT2D eigenvalue weighted by Crippen LogP contribution is 2.35. The summed E-state index contributed by atoms with van der Waals surface area (Å²) < 4.78 is 6.56. The normalized spacial score (nSPS) is 17.2. The van der Waals surface area contributed by atoms with Crippen molar-refractivity contribution in [2.75, 3.05) is 0 Å². The van der Waals surface area contributed by atoms with Gasteiger partial charge < -0.3 is 19.2 Å². The molecule has 4 heterocycles. The number of rotatable bonds is 3. The van der Waals surface area contributed by atoms with Gasteiger partial charge in [-0.15, -0.1) is 0 Å². The molecule has 0 saturated heterocycles. The lowest BCUT2D eigenvalue weighted by Crippen LogP contribution is -2.32. The van der Waals surface area contributed by atoms with E-state index < -0.39 is 12.1 Å². The molecule has 8 heteroatoms. The Morgan fingerprint density at radius 1 is 1.31 bits per heavy atom. The van der Waals surface area contributed by atoms with Crippen molar-refractivity contribution in [3.05, 3.63) is 62.9 Å². The van der Waals surface area contributed by atoms with Gasteiger partial charge >= 0.3 is 5.97 Å².